The van der Waals surface area contributed by atoms with Crippen molar-refractivity contribution in [1.29, 1.82) is 0 Å². The van der Waals surface area contributed by atoms with E-state index in [2.05, 4.69) is 30.7 Å². The van der Waals surface area contributed by atoms with Crippen LogP contribution in [0.3, 0.4) is 0 Å². The first-order valence-corrected chi connectivity index (χ1v) is 8.71. The fourth-order valence-corrected chi connectivity index (χ4v) is 4.39. The summed E-state index contributed by atoms with van der Waals surface area (Å²) in [7, 11) is 0. The van der Waals surface area contributed by atoms with Crippen molar-refractivity contribution in [3.8, 4) is 0 Å². The molecule has 6 heteroatoms. The standard InChI is InChI=1S/C12H20BrN3OS/c13-7-11-8-14-12(18-11)16-2-1-10(9-16)15-3-5-17-6-4-15/h10-11H,1-9H2. The van der Waals surface area contributed by atoms with Crippen LogP contribution in [-0.2, 0) is 4.74 Å². The highest BCUT2D eigenvalue weighted by Gasteiger charge is 2.32. The zero-order chi connectivity index (χ0) is 12.4. The summed E-state index contributed by atoms with van der Waals surface area (Å²) in [5.41, 5.74) is 0. The van der Waals surface area contributed by atoms with Crippen molar-refractivity contribution in [3.05, 3.63) is 0 Å². The van der Waals surface area contributed by atoms with Crippen LogP contribution in [0.25, 0.3) is 0 Å². The molecule has 2 saturated heterocycles. The van der Waals surface area contributed by atoms with Crippen molar-refractivity contribution in [2.24, 2.45) is 4.99 Å². The Kier molecular flexibility index (Phi) is 4.49. The Morgan fingerprint density at radius 2 is 2.17 bits per heavy atom. The second-order valence-corrected chi connectivity index (χ2v) is 6.97. The van der Waals surface area contributed by atoms with Gasteiger partial charge < -0.3 is 9.64 Å². The number of aliphatic imine (C=N–C) groups is 1. The van der Waals surface area contributed by atoms with Gasteiger partial charge in [0.05, 0.1) is 19.8 Å². The first-order valence-electron chi connectivity index (χ1n) is 6.70. The molecule has 0 N–H and O–H groups in total. The number of amidine groups is 1. The van der Waals surface area contributed by atoms with Gasteiger partial charge in [-0.25, -0.2) is 0 Å². The predicted octanol–water partition coefficient (Wildman–Crippen LogP) is 1.26. The summed E-state index contributed by atoms with van der Waals surface area (Å²) in [4.78, 5) is 9.75. The molecule has 3 heterocycles. The fourth-order valence-electron chi connectivity index (χ4n) is 2.81. The van der Waals surface area contributed by atoms with E-state index in [9.17, 15) is 0 Å². The monoisotopic (exact) mass is 333 g/mol. The van der Waals surface area contributed by atoms with Crippen molar-refractivity contribution in [1.82, 2.24) is 9.80 Å². The maximum Gasteiger partial charge on any atom is 0.159 e. The first-order chi connectivity index (χ1) is 8.86. The third kappa shape index (κ3) is 2.86. The highest BCUT2D eigenvalue weighted by atomic mass is 79.9. The summed E-state index contributed by atoms with van der Waals surface area (Å²) in [6.45, 7) is 7.30. The van der Waals surface area contributed by atoms with Crippen molar-refractivity contribution < 1.29 is 4.74 Å². The Hall–Kier alpha value is 0.220. The van der Waals surface area contributed by atoms with E-state index in [1.54, 1.807) is 0 Å². The van der Waals surface area contributed by atoms with E-state index in [0.717, 1.165) is 44.7 Å². The van der Waals surface area contributed by atoms with Crippen LogP contribution >= 0.6 is 27.7 Å². The van der Waals surface area contributed by atoms with Crippen LogP contribution < -0.4 is 0 Å². The SMILES string of the molecule is BrCC1CN=C(N2CCC(N3CCOCC3)C2)S1. The molecule has 3 aliphatic rings. The topological polar surface area (TPSA) is 28.1 Å². The Bertz CT molecular complexity index is 322. The Labute approximate surface area is 121 Å². The molecule has 0 amide bonds. The molecule has 4 nitrogen and oxygen atoms in total. The molecule has 2 atom stereocenters. The van der Waals surface area contributed by atoms with Gasteiger partial charge in [-0.2, -0.15) is 0 Å². The molecule has 18 heavy (non-hydrogen) atoms. The van der Waals surface area contributed by atoms with Crippen molar-refractivity contribution in [2.45, 2.75) is 17.7 Å². The van der Waals surface area contributed by atoms with Gasteiger partial charge in [0, 0.05) is 42.8 Å². The van der Waals surface area contributed by atoms with Gasteiger partial charge in [-0.1, -0.05) is 27.7 Å². The largest absolute Gasteiger partial charge is 0.379 e. The molecule has 2 unspecified atom stereocenters. The molecular weight excluding hydrogens is 314 g/mol. The van der Waals surface area contributed by atoms with Crippen LogP contribution in [0.5, 0.6) is 0 Å². The average molecular weight is 334 g/mol. The van der Waals surface area contributed by atoms with Gasteiger partial charge >= 0.3 is 0 Å². The summed E-state index contributed by atoms with van der Waals surface area (Å²) >= 11 is 5.49. The normalized spacial score (nSPS) is 34.1. The number of hydrogen-bond acceptors (Lipinski definition) is 5. The van der Waals surface area contributed by atoms with E-state index >= 15 is 0 Å². The average Bonchev–Trinajstić information content (AvgIpc) is 3.08. The molecule has 2 fully saturated rings. The zero-order valence-electron chi connectivity index (χ0n) is 10.6. The van der Waals surface area contributed by atoms with Crippen LogP contribution in [0.4, 0.5) is 0 Å². The Morgan fingerprint density at radius 1 is 1.33 bits per heavy atom. The van der Waals surface area contributed by atoms with Crippen LogP contribution in [0.2, 0.25) is 0 Å². The van der Waals surface area contributed by atoms with Gasteiger partial charge in [-0.15, -0.1) is 0 Å². The molecule has 0 bridgehead atoms. The minimum absolute atomic E-state index is 0.641. The predicted molar refractivity (Wildman–Crippen MR) is 79.8 cm³/mol. The van der Waals surface area contributed by atoms with Gasteiger partial charge in [0.2, 0.25) is 0 Å². The second kappa shape index (κ2) is 6.11. The van der Waals surface area contributed by atoms with E-state index < -0.39 is 0 Å². The summed E-state index contributed by atoms with van der Waals surface area (Å²) < 4.78 is 5.43. The lowest BCUT2D eigenvalue weighted by molar-refractivity contribution is 0.0195. The van der Waals surface area contributed by atoms with Crippen LogP contribution in [0.1, 0.15) is 6.42 Å². The fraction of sp³-hybridized carbons (Fsp3) is 0.917. The zero-order valence-corrected chi connectivity index (χ0v) is 13.0. The van der Waals surface area contributed by atoms with Crippen molar-refractivity contribution in [3.63, 3.8) is 0 Å². The minimum Gasteiger partial charge on any atom is -0.379 e. The van der Waals surface area contributed by atoms with Crippen LogP contribution in [0.15, 0.2) is 4.99 Å². The number of morpholine rings is 1. The number of rotatable bonds is 2. The number of likely N-dealkylation sites (tertiary alicyclic amines) is 1. The number of halogens is 1. The Morgan fingerprint density at radius 3 is 2.89 bits per heavy atom. The lowest BCUT2D eigenvalue weighted by Crippen LogP contribution is -2.45. The highest BCUT2D eigenvalue weighted by molar-refractivity contribution is 9.09. The van der Waals surface area contributed by atoms with E-state index in [-0.39, 0.29) is 0 Å². The number of thioether (sulfide) groups is 1. The summed E-state index contributed by atoms with van der Waals surface area (Å²) in [6, 6.07) is 0.709. The molecule has 0 aromatic rings. The number of alkyl halides is 1. The van der Waals surface area contributed by atoms with E-state index in [1.165, 1.54) is 18.1 Å². The number of nitrogens with zero attached hydrogens (tertiary/aromatic N) is 3. The maximum absolute atomic E-state index is 5.43. The molecule has 102 valence electrons. The van der Waals surface area contributed by atoms with Gasteiger partial charge in [0.15, 0.2) is 5.17 Å². The van der Waals surface area contributed by atoms with E-state index in [1.807, 2.05) is 11.8 Å². The van der Waals surface area contributed by atoms with Crippen LogP contribution in [0, 0.1) is 0 Å². The van der Waals surface area contributed by atoms with Crippen molar-refractivity contribution in [2.75, 3.05) is 51.3 Å². The molecule has 3 rings (SSSR count). The molecule has 0 radical (unpaired) electrons. The summed E-state index contributed by atoms with van der Waals surface area (Å²) in [5, 5.41) is 2.96. The van der Waals surface area contributed by atoms with E-state index in [0.29, 0.717) is 11.3 Å². The summed E-state index contributed by atoms with van der Waals surface area (Å²) in [5.74, 6) is 0. The van der Waals surface area contributed by atoms with Gasteiger partial charge in [-0.3, -0.25) is 9.89 Å². The molecule has 0 aromatic heterocycles. The molecule has 0 aliphatic carbocycles. The quantitative estimate of drug-likeness (QED) is 0.711. The first kappa shape index (κ1) is 13.2. The Balaban J connectivity index is 1.52. The third-order valence-corrected chi connectivity index (χ3v) is 6.33. The third-order valence-electron chi connectivity index (χ3n) is 3.87. The maximum atomic E-state index is 5.43. The lowest BCUT2D eigenvalue weighted by atomic mass is 10.2. The second-order valence-electron chi connectivity index (χ2n) is 5.05. The minimum atomic E-state index is 0.641. The highest BCUT2D eigenvalue weighted by Crippen LogP contribution is 2.28. The number of hydrogen-bond donors (Lipinski definition) is 0. The summed E-state index contributed by atoms with van der Waals surface area (Å²) in [6.07, 6.45) is 1.28. The smallest absolute Gasteiger partial charge is 0.159 e. The lowest BCUT2D eigenvalue weighted by Gasteiger charge is -2.32. The molecular formula is C12H20BrN3OS. The molecule has 0 saturated carbocycles. The van der Waals surface area contributed by atoms with Crippen LogP contribution in [-0.4, -0.2) is 77.5 Å². The molecule has 3 aliphatic heterocycles. The van der Waals surface area contributed by atoms with Gasteiger partial charge in [0.25, 0.3) is 0 Å². The number of ether oxygens (including phenoxy) is 1. The van der Waals surface area contributed by atoms with Gasteiger partial charge in [-0.05, 0) is 6.42 Å². The van der Waals surface area contributed by atoms with Gasteiger partial charge in [0.1, 0.15) is 0 Å². The molecule has 0 spiro atoms. The van der Waals surface area contributed by atoms with E-state index in [4.69, 9.17) is 4.74 Å². The van der Waals surface area contributed by atoms with Crippen molar-refractivity contribution >= 4 is 32.9 Å². The molecule has 0 aromatic carbocycles.